The highest BCUT2D eigenvalue weighted by Crippen LogP contribution is 2.18. The van der Waals surface area contributed by atoms with E-state index in [2.05, 4.69) is 10.1 Å². The van der Waals surface area contributed by atoms with Crippen LogP contribution in [0.2, 0.25) is 0 Å². The molecule has 0 aliphatic rings. The van der Waals surface area contributed by atoms with Crippen molar-refractivity contribution in [3.8, 4) is 11.5 Å². The van der Waals surface area contributed by atoms with Crippen molar-refractivity contribution in [2.45, 2.75) is 13.0 Å². The molecule has 1 amide bonds. The second-order valence-corrected chi connectivity index (χ2v) is 4.11. The molecule has 0 saturated carbocycles. The van der Waals surface area contributed by atoms with Crippen molar-refractivity contribution >= 4 is 11.9 Å². The maximum Gasteiger partial charge on any atom is 0.330 e. The first-order chi connectivity index (χ1) is 10.1. The normalized spacial score (nSPS) is 11.8. The van der Waals surface area contributed by atoms with Crippen molar-refractivity contribution in [3.05, 3.63) is 36.4 Å². The van der Waals surface area contributed by atoms with E-state index >= 15 is 0 Å². The van der Waals surface area contributed by atoms with Crippen LogP contribution < -0.4 is 14.8 Å². The quantitative estimate of drug-likeness (QED) is 0.606. The van der Waals surface area contributed by atoms with Gasteiger partial charge < -0.3 is 19.5 Å². The van der Waals surface area contributed by atoms with Crippen LogP contribution in [0.15, 0.2) is 36.4 Å². The second-order valence-electron chi connectivity index (χ2n) is 4.11. The van der Waals surface area contributed by atoms with Crippen LogP contribution in [0.5, 0.6) is 11.5 Å². The molecule has 0 aliphatic carbocycles. The van der Waals surface area contributed by atoms with Crippen molar-refractivity contribution in [1.82, 2.24) is 5.32 Å². The lowest BCUT2D eigenvalue weighted by Gasteiger charge is -2.14. The minimum absolute atomic E-state index is 0.226. The molecule has 0 radical (unpaired) electrons. The van der Waals surface area contributed by atoms with Gasteiger partial charge in [-0.2, -0.15) is 0 Å². The zero-order valence-corrected chi connectivity index (χ0v) is 12.3. The Bertz CT molecular complexity index is 495. The van der Waals surface area contributed by atoms with Crippen LogP contribution in [0.1, 0.15) is 6.92 Å². The highest BCUT2D eigenvalue weighted by molar-refractivity contribution is 5.82. The van der Waals surface area contributed by atoms with Gasteiger partial charge in [-0.1, -0.05) is 6.08 Å². The zero-order valence-electron chi connectivity index (χ0n) is 12.3. The van der Waals surface area contributed by atoms with Crippen LogP contribution in [0.25, 0.3) is 0 Å². The van der Waals surface area contributed by atoms with Crippen molar-refractivity contribution in [2.24, 2.45) is 0 Å². The number of ether oxygens (including phenoxy) is 3. The van der Waals surface area contributed by atoms with Gasteiger partial charge in [-0.25, -0.2) is 4.79 Å². The first-order valence-electron chi connectivity index (χ1n) is 6.39. The first kappa shape index (κ1) is 16.6. The van der Waals surface area contributed by atoms with Gasteiger partial charge in [0.15, 0.2) is 6.10 Å². The lowest BCUT2D eigenvalue weighted by molar-refractivity contribution is -0.135. The largest absolute Gasteiger partial charge is 0.497 e. The Morgan fingerprint density at radius 2 is 1.81 bits per heavy atom. The number of methoxy groups -OCH3 is 2. The summed E-state index contributed by atoms with van der Waals surface area (Å²) in [4.78, 5) is 22.6. The Morgan fingerprint density at radius 3 is 2.38 bits per heavy atom. The standard InChI is InChI=1S/C15H19NO5/c1-11(15(18)16-10-4-5-14(17)20-3)21-13-8-6-12(19-2)7-9-13/h4-9,11H,10H2,1-3H3,(H,16,18)/b5-4+. The molecule has 114 valence electrons. The Balaban J connectivity index is 2.39. The minimum atomic E-state index is -0.648. The fourth-order valence-electron chi connectivity index (χ4n) is 1.44. The number of benzene rings is 1. The van der Waals surface area contributed by atoms with E-state index in [4.69, 9.17) is 9.47 Å². The molecule has 0 aliphatic heterocycles. The maximum atomic E-state index is 11.8. The minimum Gasteiger partial charge on any atom is -0.497 e. The van der Waals surface area contributed by atoms with Crippen molar-refractivity contribution in [1.29, 1.82) is 0 Å². The fraction of sp³-hybridized carbons (Fsp3) is 0.333. The number of hydrogen-bond acceptors (Lipinski definition) is 5. The summed E-state index contributed by atoms with van der Waals surface area (Å²) in [6.45, 7) is 1.87. The van der Waals surface area contributed by atoms with Crippen LogP contribution >= 0.6 is 0 Å². The molecule has 1 atom stereocenters. The predicted molar refractivity (Wildman–Crippen MR) is 77.2 cm³/mol. The molecule has 21 heavy (non-hydrogen) atoms. The lowest BCUT2D eigenvalue weighted by Crippen LogP contribution is -2.36. The van der Waals surface area contributed by atoms with Gasteiger partial charge in [0.2, 0.25) is 0 Å². The molecule has 1 aromatic rings. The van der Waals surface area contributed by atoms with Crippen LogP contribution in [-0.4, -0.2) is 38.7 Å². The maximum absolute atomic E-state index is 11.8. The zero-order chi connectivity index (χ0) is 15.7. The molecule has 0 bridgehead atoms. The van der Waals surface area contributed by atoms with E-state index < -0.39 is 12.1 Å². The van der Waals surface area contributed by atoms with Gasteiger partial charge in [-0.15, -0.1) is 0 Å². The molecule has 6 heteroatoms. The highest BCUT2D eigenvalue weighted by Gasteiger charge is 2.13. The average Bonchev–Trinajstić information content (AvgIpc) is 2.51. The van der Waals surface area contributed by atoms with Crippen molar-refractivity contribution in [2.75, 3.05) is 20.8 Å². The van der Waals surface area contributed by atoms with E-state index in [1.165, 1.54) is 19.3 Å². The van der Waals surface area contributed by atoms with E-state index in [9.17, 15) is 9.59 Å². The summed E-state index contributed by atoms with van der Waals surface area (Å²) in [6, 6.07) is 6.94. The first-order valence-corrected chi connectivity index (χ1v) is 6.39. The Morgan fingerprint density at radius 1 is 1.19 bits per heavy atom. The number of rotatable bonds is 7. The summed E-state index contributed by atoms with van der Waals surface area (Å²) in [7, 11) is 2.86. The molecule has 0 saturated heterocycles. The van der Waals surface area contributed by atoms with E-state index in [1.54, 1.807) is 38.3 Å². The van der Waals surface area contributed by atoms with E-state index in [0.29, 0.717) is 11.5 Å². The van der Waals surface area contributed by atoms with Gasteiger partial charge in [0.05, 0.1) is 14.2 Å². The SMILES string of the molecule is COC(=O)/C=C/CNC(=O)C(C)Oc1ccc(OC)cc1. The second kappa shape index (κ2) is 8.63. The van der Waals surface area contributed by atoms with Crippen LogP contribution in [-0.2, 0) is 14.3 Å². The summed E-state index contributed by atoms with van der Waals surface area (Å²) in [5.41, 5.74) is 0. The van der Waals surface area contributed by atoms with Gasteiger partial charge in [0.25, 0.3) is 5.91 Å². The average molecular weight is 293 g/mol. The molecule has 0 heterocycles. The Kier molecular flexibility index (Phi) is 6.80. The van der Waals surface area contributed by atoms with Crippen molar-refractivity contribution in [3.63, 3.8) is 0 Å². The van der Waals surface area contributed by atoms with Crippen LogP contribution in [0.4, 0.5) is 0 Å². The number of carbonyl (C=O) groups is 2. The van der Waals surface area contributed by atoms with Crippen LogP contribution in [0.3, 0.4) is 0 Å². The molecule has 1 unspecified atom stereocenters. The number of nitrogens with one attached hydrogen (secondary N) is 1. The van der Waals surface area contributed by atoms with Crippen LogP contribution in [0, 0.1) is 0 Å². The predicted octanol–water partition coefficient (Wildman–Crippen LogP) is 1.31. The molecule has 0 aromatic heterocycles. The summed E-state index contributed by atoms with van der Waals surface area (Å²) >= 11 is 0. The van der Waals surface area contributed by atoms with E-state index in [0.717, 1.165) is 0 Å². The third-order valence-electron chi connectivity index (χ3n) is 2.59. The monoisotopic (exact) mass is 293 g/mol. The summed E-state index contributed by atoms with van der Waals surface area (Å²) in [6.07, 6.45) is 2.10. The number of amides is 1. The molecular weight excluding hydrogens is 274 g/mol. The Hall–Kier alpha value is -2.50. The fourth-order valence-corrected chi connectivity index (χ4v) is 1.44. The number of carbonyl (C=O) groups excluding carboxylic acids is 2. The van der Waals surface area contributed by atoms with Crippen molar-refractivity contribution < 1.29 is 23.8 Å². The smallest absolute Gasteiger partial charge is 0.330 e. The van der Waals surface area contributed by atoms with Gasteiger partial charge >= 0.3 is 5.97 Å². The molecule has 0 spiro atoms. The highest BCUT2D eigenvalue weighted by atomic mass is 16.5. The third-order valence-corrected chi connectivity index (χ3v) is 2.59. The third kappa shape index (κ3) is 5.99. The van der Waals surface area contributed by atoms with Gasteiger partial charge in [0.1, 0.15) is 11.5 Å². The van der Waals surface area contributed by atoms with E-state index in [1.807, 2.05) is 0 Å². The summed E-state index contributed by atoms with van der Waals surface area (Å²) in [5, 5.41) is 2.62. The molecule has 1 rings (SSSR count). The Labute approximate surface area is 123 Å². The molecule has 0 fully saturated rings. The lowest BCUT2D eigenvalue weighted by atomic mass is 10.3. The van der Waals surface area contributed by atoms with Gasteiger partial charge in [-0.3, -0.25) is 4.79 Å². The molecular formula is C15H19NO5. The topological polar surface area (TPSA) is 73.9 Å². The van der Waals surface area contributed by atoms with E-state index in [-0.39, 0.29) is 12.5 Å². The molecule has 1 N–H and O–H groups in total. The summed E-state index contributed by atoms with van der Waals surface area (Å²) < 4.78 is 15.0. The number of hydrogen-bond donors (Lipinski definition) is 1. The summed E-state index contributed by atoms with van der Waals surface area (Å²) in [5.74, 6) is 0.545. The van der Waals surface area contributed by atoms with Gasteiger partial charge in [-0.05, 0) is 31.2 Å². The van der Waals surface area contributed by atoms with Gasteiger partial charge in [0, 0.05) is 12.6 Å². The number of esters is 1. The molecule has 1 aromatic carbocycles. The molecule has 6 nitrogen and oxygen atoms in total.